The van der Waals surface area contributed by atoms with Gasteiger partial charge in [-0.2, -0.15) is 5.26 Å². The van der Waals surface area contributed by atoms with Crippen LogP contribution in [0.3, 0.4) is 0 Å². The second-order valence-corrected chi connectivity index (χ2v) is 4.85. The highest BCUT2D eigenvalue weighted by Gasteiger charge is 2.11. The van der Waals surface area contributed by atoms with Crippen molar-refractivity contribution in [2.24, 2.45) is 0 Å². The first kappa shape index (κ1) is 12.1. The molecule has 90 valence electrons. The Morgan fingerprint density at radius 1 is 1.56 bits per heavy atom. The number of benzene rings is 1. The summed E-state index contributed by atoms with van der Waals surface area (Å²) in [6, 6.07) is 6.72. The van der Waals surface area contributed by atoms with Crippen molar-refractivity contribution >= 4 is 28.6 Å². The molecule has 18 heavy (non-hydrogen) atoms. The number of carbonyl (C=O) groups excluding carboxylic acids is 1. The molecule has 0 fully saturated rings. The lowest BCUT2D eigenvalue weighted by atomic mass is 10.2. The normalized spacial score (nSPS) is 9.78. The molecule has 0 aliphatic rings. The van der Waals surface area contributed by atoms with Gasteiger partial charge in [-0.25, -0.2) is 4.98 Å². The van der Waals surface area contributed by atoms with Crippen molar-refractivity contribution in [3.8, 4) is 6.07 Å². The van der Waals surface area contributed by atoms with Crippen molar-refractivity contribution in [1.82, 2.24) is 4.98 Å². The summed E-state index contributed by atoms with van der Waals surface area (Å²) in [5.41, 5.74) is 7.06. The molecular weight excluding hydrogens is 248 g/mol. The molecule has 2 rings (SSSR count). The number of carbonyl (C=O) groups is 1. The summed E-state index contributed by atoms with van der Waals surface area (Å²) >= 11 is 1.31. The first-order valence-corrected chi connectivity index (χ1v) is 5.95. The Bertz CT molecular complexity index is 642. The van der Waals surface area contributed by atoms with Crippen LogP contribution in [0.15, 0.2) is 24.4 Å². The topological polar surface area (TPSA) is 91.8 Å². The molecule has 0 bridgehead atoms. The lowest BCUT2D eigenvalue weighted by Crippen LogP contribution is -2.11. The number of nitrogens with zero attached hydrogens (tertiary/aromatic N) is 2. The Morgan fingerprint density at radius 2 is 2.33 bits per heavy atom. The second-order valence-electron chi connectivity index (χ2n) is 3.61. The van der Waals surface area contributed by atoms with Gasteiger partial charge in [0.15, 0.2) is 0 Å². The van der Waals surface area contributed by atoms with Gasteiger partial charge in [-0.1, -0.05) is 0 Å². The molecule has 0 atom stereocenters. The van der Waals surface area contributed by atoms with E-state index in [0.717, 1.165) is 5.01 Å². The number of aromatic nitrogens is 1. The highest BCUT2D eigenvalue weighted by molar-refractivity contribution is 7.13. The van der Waals surface area contributed by atoms with Crippen LogP contribution in [0.25, 0.3) is 0 Å². The van der Waals surface area contributed by atoms with Gasteiger partial charge in [-0.05, 0) is 25.1 Å². The minimum Gasteiger partial charge on any atom is -0.397 e. The zero-order chi connectivity index (χ0) is 13.1. The molecule has 0 spiro atoms. The van der Waals surface area contributed by atoms with E-state index in [2.05, 4.69) is 10.3 Å². The number of rotatable bonds is 2. The van der Waals surface area contributed by atoms with Crippen LogP contribution < -0.4 is 11.1 Å². The number of nitrogens with one attached hydrogen (secondary N) is 1. The third-order valence-electron chi connectivity index (χ3n) is 2.27. The van der Waals surface area contributed by atoms with E-state index in [1.165, 1.54) is 23.6 Å². The maximum absolute atomic E-state index is 11.9. The molecule has 6 heteroatoms. The van der Waals surface area contributed by atoms with Crippen LogP contribution >= 0.6 is 11.3 Å². The standard InChI is InChI=1S/C12H10N4OS/c1-7-15-6-11(18-7)12(17)16-10-3-2-8(5-13)4-9(10)14/h2-4,6H,14H2,1H3,(H,16,17). The van der Waals surface area contributed by atoms with Gasteiger partial charge in [0.2, 0.25) is 0 Å². The summed E-state index contributed by atoms with van der Waals surface area (Å²) in [5, 5.41) is 12.2. The number of anilines is 2. The van der Waals surface area contributed by atoms with Gasteiger partial charge < -0.3 is 11.1 Å². The number of thiazole rings is 1. The molecule has 1 aromatic heterocycles. The SMILES string of the molecule is Cc1ncc(C(=O)Nc2ccc(C#N)cc2N)s1. The molecule has 0 saturated carbocycles. The fourth-order valence-electron chi connectivity index (χ4n) is 1.40. The van der Waals surface area contributed by atoms with E-state index >= 15 is 0 Å². The second kappa shape index (κ2) is 4.85. The van der Waals surface area contributed by atoms with E-state index < -0.39 is 0 Å². The molecule has 0 aliphatic heterocycles. The highest BCUT2D eigenvalue weighted by atomic mass is 32.1. The fourth-order valence-corrected chi connectivity index (χ4v) is 2.07. The Morgan fingerprint density at radius 3 is 2.89 bits per heavy atom. The minimum atomic E-state index is -0.253. The average molecular weight is 258 g/mol. The Hall–Kier alpha value is -2.39. The molecule has 2 aromatic rings. The maximum atomic E-state index is 11.9. The maximum Gasteiger partial charge on any atom is 0.267 e. The first-order chi connectivity index (χ1) is 8.60. The minimum absolute atomic E-state index is 0.253. The van der Waals surface area contributed by atoms with Crippen LogP contribution in [0.5, 0.6) is 0 Å². The number of amides is 1. The number of nitrogen functional groups attached to an aromatic ring is 1. The van der Waals surface area contributed by atoms with Gasteiger partial charge in [0.1, 0.15) is 4.88 Å². The lowest BCUT2D eigenvalue weighted by molar-refractivity contribution is 0.103. The van der Waals surface area contributed by atoms with Crippen LogP contribution in [0.4, 0.5) is 11.4 Å². The van der Waals surface area contributed by atoms with Crippen LogP contribution in [-0.2, 0) is 0 Å². The van der Waals surface area contributed by atoms with Crippen LogP contribution in [0, 0.1) is 18.3 Å². The van der Waals surface area contributed by atoms with Gasteiger partial charge in [0.05, 0.1) is 34.2 Å². The first-order valence-electron chi connectivity index (χ1n) is 5.13. The van der Waals surface area contributed by atoms with Crippen LogP contribution in [-0.4, -0.2) is 10.9 Å². The molecule has 0 saturated heterocycles. The molecular formula is C12H10N4OS. The molecule has 0 aliphatic carbocycles. The van der Waals surface area contributed by atoms with E-state index in [9.17, 15) is 4.79 Å². The smallest absolute Gasteiger partial charge is 0.267 e. The largest absolute Gasteiger partial charge is 0.397 e. The van der Waals surface area contributed by atoms with E-state index in [1.807, 2.05) is 13.0 Å². The van der Waals surface area contributed by atoms with E-state index in [4.69, 9.17) is 11.0 Å². The summed E-state index contributed by atoms with van der Waals surface area (Å²) in [5.74, 6) is -0.253. The van der Waals surface area contributed by atoms with Crippen LogP contribution in [0.2, 0.25) is 0 Å². The highest BCUT2D eigenvalue weighted by Crippen LogP contribution is 2.21. The molecule has 1 heterocycles. The van der Waals surface area contributed by atoms with Crippen LogP contribution in [0.1, 0.15) is 20.2 Å². The number of aryl methyl sites for hydroxylation is 1. The number of hydrogen-bond acceptors (Lipinski definition) is 5. The summed E-state index contributed by atoms with van der Waals surface area (Å²) < 4.78 is 0. The van der Waals surface area contributed by atoms with Crippen molar-refractivity contribution in [2.45, 2.75) is 6.92 Å². The van der Waals surface area contributed by atoms with Crippen molar-refractivity contribution < 1.29 is 4.79 Å². The van der Waals surface area contributed by atoms with Gasteiger partial charge in [0, 0.05) is 0 Å². The predicted molar refractivity (Wildman–Crippen MR) is 70.4 cm³/mol. The third kappa shape index (κ3) is 2.47. The fraction of sp³-hybridized carbons (Fsp3) is 0.0833. The zero-order valence-electron chi connectivity index (χ0n) is 9.60. The van der Waals surface area contributed by atoms with E-state index in [0.29, 0.717) is 21.8 Å². The molecule has 3 N–H and O–H groups in total. The van der Waals surface area contributed by atoms with Crippen molar-refractivity contribution in [2.75, 3.05) is 11.1 Å². The van der Waals surface area contributed by atoms with Gasteiger partial charge in [-0.15, -0.1) is 11.3 Å². The third-order valence-corrected chi connectivity index (χ3v) is 3.19. The summed E-state index contributed by atoms with van der Waals surface area (Å²) in [7, 11) is 0. The molecule has 5 nitrogen and oxygen atoms in total. The molecule has 0 unspecified atom stereocenters. The Kier molecular flexibility index (Phi) is 3.26. The van der Waals surface area contributed by atoms with Gasteiger partial charge >= 0.3 is 0 Å². The van der Waals surface area contributed by atoms with Gasteiger partial charge in [-0.3, -0.25) is 4.79 Å². The molecule has 1 aromatic carbocycles. The monoisotopic (exact) mass is 258 g/mol. The summed E-state index contributed by atoms with van der Waals surface area (Å²) in [4.78, 5) is 16.4. The predicted octanol–water partition coefficient (Wildman–Crippen LogP) is 2.16. The molecule has 1 amide bonds. The Balaban J connectivity index is 2.20. The Labute approximate surface area is 108 Å². The number of nitrogens with two attached hydrogens (primary N) is 1. The quantitative estimate of drug-likeness (QED) is 0.807. The van der Waals surface area contributed by atoms with Crippen molar-refractivity contribution in [3.05, 3.63) is 39.8 Å². The van der Waals surface area contributed by atoms with Crippen molar-refractivity contribution in [1.29, 1.82) is 5.26 Å². The summed E-state index contributed by atoms with van der Waals surface area (Å²) in [6.45, 7) is 1.83. The van der Waals surface area contributed by atoms with Gasteiger partial charge in [0.25, 0.3) is 5.91 Å². The number of nitriles is 1. The lowest BCUT2D eigenvalue weighted by Gasteiger charge is -2.06. The zero-order valence-corrected chi connectivity index (χ0v) is 10.4. The molecule has 0 radical (unpaired) electrons. The van der Waals surface area contributed by atoms with E-state index in [1.54, 1.807) is 12.1 Å². The average Bonchev–Trinajstić information content (AvgIpc) is 2.78. The number of hydrogen-bond donors (Lipinski definition) is 2. The van der Waals surface area contributed by atoms with Crippen molar-refractivity contribution in [3.63, 3.8) is 0 Å². The summed E-state index contributed by atoms with van der Waals surface area (Å²) in [6.07, 6.45) is 1.52. The van der Waals surface area contributed by atoms with E-state index in [-0.39, 0.29) is 5.91 Å².